The highest BCUT2D eigenvalue weighted by atomic mass is 16.1. The van der Waals surface area contributed by atoms with E-state index in [4.69, 9.17) is 0 Å². The lowest BCUT2D eigenvalue weighted by atomic mass is 10.1. The van der Waals surface area contributed by atoms with E-state index in [2.05, 4.69) is 15.6 Å². The maximum atomic E-state index is 12.3. The molecule has 1 aromatic rings. The first-order valence-corrected chi connectivity index (χ1v) is 7.04. The lowest BCUT2D eigenvalue weighted by Crippen LogP contribution is -2.35. The van der Waals surface area contributed by atoms with Gasteiger partial charge in [0.15, 0.2) is 5.82 Å². The first-order valence-electron chi connectivity index (χ1n) is 7.04. The molecule has 0 spiro atoms. The summed E-state index contributed by atoms with van der Waals surface area (Å²) < 4.78 is 1.72. The predicted octanol–water partition coefficient (Wildman–Crippen LogP) is 1.55. The molecule has 0 aliphatic carbocycles. The van der Waals surface area contributed by atoms with E-state index in [9.17, 15) is 4.79 Å². The van der Waals surface area contributed by atoms with Crippen LogP contribution in [0.4, 0.5) is 5.82 Å². The molecule has 1 aliphatic heterocycles. The zero-order valence-corrected chi connectivity index (χ0v) is 12.1. The van der Waals surface area contributed by atoms with E-state index < -0.39 is 0 Å². The topological polar surface area (TPSA) is 59.0 Å². The molecule has 1 atom stereocenters. The van der Waals surface area contributed by atoms with Crippen LogP contribution in [-0.4, -0.2) is 28.7 Å². The molecule has 0 radical (unpaired) electrons. The Bertz CT molecular complexity index is 469. The van der Waals surface area contributed by atoms with Crippen LogP contribution in [0.25, 0.3) is 0 Å². The number of rotatable bonds is 4. The Morgan fingerprint density at radius 3 is 2.95 bits per heavy atom. The number of hydrogen-bond donors (Lipinski definition) is 2. The standard InChI is InChI=1S/C14H24N4O/c1-14(2,3)18-10-9-17-12(13(18)19)16-8-6-11-5-4-7-15-11/h9-11,15H,4-8H2,1-3H3,(H,16,17). The van der Waals surface area contributed by atoms with Crippen molar-refractivity contribution in [1.29, 1.82) is 0 Å². The molecular weight excluding hydrogens is 240 g/mol. The van der Waals surface area contributed by atoms with Gasteiger partial charge in [0.25, 0.3) is 5.56 Å². The highest BCUT2D eigenvalue weighted by molar-refractivity contribution is 5.31. The summed E-state index contributed by atoms with van der Waals surface area (Å²) in [5.41, 5.74) is -0.266. The molecule has 1 aromatic heterocycles. The van der Waals surface area contributed by atoms with E-state index in [1.54, 1.807) is 17.0 Å². The number of hydrogen-bond acceptors (Lipinski definition) is 4. The Morgan fingerprint density at radius 2 is 2.32 bits per heavy atom. The lowest BCUT2D eigenvalue weighted by Gasteiger charge is -2.22. The van der Waals surface area contributed by atoms with Crippen LogP contribution in [0.3, 0.4) is 0 Å². The van der Waals surface area contributed by atoms with Gasteiger partial charge in [-0.05, 0) is 46.6 Å². The van der Waals surface area contributed by atoms with Crippen LogP contribution in [0.15, 0.2) is 17.2 Å². The van der Waals surface area contributed by atoms with Crippen molar-refractivity contribution in [3.8, 4) is 0 Å². The van der Waals surface area contributed by atoms with Crippen molar-refractivity contribution in [2.75, 3.05) is 18.4 Å². The summed E-state index contributed by atoms with van der Waals surface area (Å²) in [7, 11) is 0. The third-order valence-electron chi connectivity index (χ3n) is 3.51. The Labute approximate surface area is 114 Å². The zero-order chi connectivity index (χ0) is 13.9. The number of nitrogens with one attached hydrogen (secondary N) is 2. The van der Waals surface area contributed by atoms with Crippen molar-refractivity contribution in [3.05, 3.63) is 22.7 Å². The van der Waals surface area contributed by atoms with E-state index >= 15 is 0 Å². The van der Waals surface area contributed by atoms with Crippen LogP contribution < -0.4 is 16.2 Å². The third-order valence-corrected chi connectivity index (χ3v) is 3.51. The molecule has 2 N–H and O–H groups in total. The van der Waals surface area contributed by atoms with Gasteiger partial charge in [-0.1, -0.05) is 0 Å². The Morgan fingerprint density at radius 1 is 1.53 bits per heavy atom. The highest BCUT2D eigenvalue weighted by Crippen LogP contribution is 2.11. The molecule has 2 rings (SSSR count). The molecule has 1 fully saturated rings. The van der Waals surface area contributed by atoms with Crippen LogP contribution in [0.2, 0.25) is 0 Å². The second kappa shape index (κ2) is 5.74. The monoisotopic (exact) mass is 264 g/mol. The molecule has 0 saturated carbocycles. The summed E-state index contributed by atoms with van der Waals surface area (Å²) in [5, 5.41) is 6.62. The van der Waals surface area contributed by atoms with Gasteiger partial charge < -0.3 is 15.2 Å². The van der Waals surface area contributed by atoms with Gasteiger partial charge in [0, 0.05) is 30.5 Å². The summed E-state index contributed by atoms with van der Waals surface area (Å²) in [5.74, 6) is 0.454. The predicted molar refractivity (Wildman–Crippen MR) is 77.6 cm³/mol. The van der Waals surface area contributed by atoms with Gasteiger partial charge in [-0.3, -0.25) is 4.79 Å². The van der Waals surface area contributed by atoms with Gasteiger partial charge in [-0.2, -0.15) is 0 Å². The van der Waals surface area contributed by atoms with E-state index in [0.29, 0.717) is 11.9 Å². The van der Waals surface area contributed by atoms with Crippen molar-refractivity contribution >= 4 is 5.82 Å². The molecule has 1 saturated heterocycles. The number of anilines is 1. The molecule has 2 heterocycles. The molecule has 1 unspecified atom stereocenters. The quantitative estimate of drug-likeness (QED) is 0.866. The van der Waals surface area contributed by atoms with Gasteiger partial charge in [0.2, 0.25) is 0 Å². The average Bonchev–Trinajstić information content (AvgIpc) is 2.83. The molecule has 19 heavy (non-hydrogen) atoms. The number of nitrogens with zero attached hydrogens (tertiary/aromatic N) is 2. The van der Waals surface area contributed by atoms with E-state index in [0.717, 1.165) is 19.5 Å². The fraction of sp³-hybridized carbons (Fsp3) is 0.714. The summed E-state index contributed by atoms with van der Waals surface area (Å²) in [4.78, 5) is 16.4. The molecule has 5 nitrogen and oxygen atoms in total. The fourth-order valence-corrected chi connectivity index (χ4v) is 2.43. The molecular formula is C14H24N4O. The minimum Gasteiger partial charge on any atom is -0.365 e. The van der Waals surface area contributed by atoms with Crippen LogP contribution in [0, 0.1) is 0 Å². The smallest absolute Gasteiger partial charge is 0.293 e. The SMILES string of the molecule is CC(C)(C)n1ccnc(NCCC2CCCN2)c1=O. The molecule has 0 bridgehead atoms. The van der Waals surface area contributed by atoms with E-state index in [-0.39, 0.29) is 11.1 Å². The van der Waals surface area contributed by atoms with Crippen molar-refractivity contribution in [2.24, 2.45) is 0 Å². The third kappa shape index (κ3) is 3.56. The Kier molecular flexibility index (Phi) is 4.24. The van der Waals surface area contributed by atoms with Gasteiger partial charge in [-0.25, -0.2) is 4.98 Å². The first-order chi connectivity index (χ1) is 8.98. The Balaban J connectivity index is 1.98. The maximum Gasteiger partial charge on any atom is 0.293 e. The molecule has 5 heteroatoms. The minimum atomic E-state index is -0.219. The lowest BCUT2D eigenvalue weighted by molar-refractivity contribution is 0.383. The van der Waals surface area contributed by atoms with Crippen LogP contribution in [-0.2, 0) is 5.54 Å². The molecule has 106 valence electrons. The van der Waals surface area contributed by atoms with Crippen molar-refractivity contribution in [2.45, 2.75) is 51.6 Å². The Hall–Kier alpha value is -1.36. The highest BCUT2D eigenvalue weighted by Gasteiger charge is 2.17. The average molecular weight is 264 g/mol. The van der Waals surface area contributed by atoms with E-state index in [1.165, 1.54) is 12.8 Å². The van der Waals surface area contributed by atoms with Crippen LogP contribution >= 0.6 is 0 Å². The van der Waals surface area contributed by atoms with Crippen LogP contribution in [0.5, 0.6) is 0 Å². The normalized spacial score (nSPS) is 19.6. The van der Waals surface area contributed by atoms with Gasteiger partial charge in [-0.15, -0.1) is 0 Å². The summed E-state index contributed by atoms with van der Waals surface area (Å²) >= 11 is 0. The van der Waals surface area contributed by atoms with Gasteiger partial charge in [0.1, 0.15) is 0 Å². The summed E-state index contributed by atoms with van der Waals surface area (Å²) in [6, 6.07) is 0.584. The zero-order valence-electron chi connectivity index (χ0n) is 12.1. The van der Waals surface area contributed by atoms with E-state index in [1.807, 2.05) is 20.8 Å². The summed E-state index contributed by atoms with van der Waals surface area (Å²) in [6.45, 7) is 7.95. The summed E-state index contributed by atoms with van der Waals surface area (Å²) in [6.07, 6.45) is 6.95. The van der Waals surface area contributed by atoms with Gasteiger partial charge >= 0.3 is 0 Å². The molecule has 1 aliphatic rings. The van der Waals surface area contributed by atoms with Crippen molar-refractivity contribution in [1.82, 2.24) is 14.9 Å². The minimum absolute atomic E-state index is 0.0469. The van der Waals surface area contributed by atoms with Crippen molar-refractivity contribution in [3.63, 3.8) is 0 Å². The first kappa shape index (κ1) is 14.1. The maximum absolute atomic E-state index is 12.3. The second-order valence-corrected chi connectivity index (χ2v) is 6.13. The molecule has 0 amide bonds. The van der Waals surface area contributed by atoms with Crippen LogP contribution in [0.1, 0.15) is 40.0 Å². The molecule has 0 aromatic carbocycles. The second-order valence-electron chi connectivity index (χ2n) is 6.13. The number of aromatic nitrogens is 2. The van der Waals surface area contributed by atoms with Gasteiger partial charge in [0.05, 0.1) is 0 Å². The fourth-order valence-electron chi connectivity index (χ4n) is 2.43. The largest absolute Gasteiger partial charge is 0.365 e. The van der Waals surface area contributed by atoms with Crippen molar-refractivity contribution < 1.29 is 0 Å².